The highest BCUT2D eigenvalue weighted by Crippen LogP contribution is 2.23. The van der Waals surface area contributed by atoms with E-state index >= 15 is 0 Å². The normalized spacial score (nSPS) is 10.2. The van der Waals surface area contributed by atoms with E-state index in [1.54, 1.807) is 18.2 Å². The molecule has 2 rings (SSSR count). The number of rotatable bonds is 3. The van der Waals surface area contributed by atoms with Gasteiger partial charge in [0.2, 0.25) is 0 Å². The molecule has 3 nitrogen and oxygen atoms in total. The maximum absolute atomic E-state index is 13.3. The molecule has 2 aromatic carbocycles. The van der Waals surface area contributed by atoms with E-state index in [-0.39, 0.29) is 11.7 Å². The fourth-order valence-corrected chi connectivity index (χ4v) is 2.09. The van der Waals surface area contributed by atoms with Gasteiger partial charge in [0.05, 0.1) is 12.1 Å². The van der Waals surface area contributed by atoms with E-state index in [4.69, 9.17) is 16.3 Å². The molecule has 0 aliphatic heterocycles. The topological polar surface area (TPSA) is 38.3 Å². The third kappa shape index (κ3) is 3.40. The molecule has 0 saturated carbocycles. The Morgan fingerprint density at radius 1 is 1.30 bits per heavy atom. The summed E-state index contributed by atoms with van der Waals surface area (Å²) in [5.74, 6) is -0.733. The number of amides is 1. The minimum Gasteiger partial charge on any atom is -0.494 e. The van der Waals surface area contributed by atoms with Gasteiger partial charge >= 0.3 is 0 Å². The van der Waals surface area contributed by atoms with Gasteiger partial charge in [-0.3, -0.25) is 4.79 Å². The van der Waals surface area contributed by atoms with Gasteiger partial charge in [-0.2, -0.15) is 0 Å². The molecule has 1 amide bonds. The second-order valence-corrected chi connectivity index (χ2v) is 5.50. The summed E-state index contributed by atoms with van der Waals surface area (Å²) in [4.78, 5) is 12.1. The average Bonchev–Trinajstić information content (AvgIpc) is 2.43. The number of hydrogen-bond donors (Lipinski definition) is 1. The number of benzene rings is 2. The van der Waals surface area contributed by atoms with Crippen molar-refractivity contribution in [3.63, 3.8) is 0 Å². The van der Waals surface area contributed by atoms with Crippen LogP contribution in [0.25, 0.3) is 0 Å². The quantitative estimate of drug-likeness (QED) is 0.771. The van der Waals surface area contributed by atoms with Crippen LogP contribution in [0.15, 0.2) is 36.4 Å². The van der Waals surface area contributed by atoms with Crippen LogP contribution in [0.3, 0.4) is 0 Å². The van der Waals surface area contributed by atoms with Gasteiger partial charge in [-0.05, 0) is 52.9 Å². The van der Waals surface area contributed by atoms with E-state index < -0.39 is 5.82 Å². The van der Waals surface area contributed by atoms with Gasteiger partial charge in [-0.1, -0.05) is 11.6 Å². The predicted molar refractivity (Wildman–Crippen MR) is 85.1 cm³/mol. The molecular weight excluding hydrogens is 396 g/mol. The van der Waals surface area contributed by atoms with Crippen LogP contribution in [-0.2, 0) is 0 Å². The number of hydrogen-bond acceptors (Lipinski definition) is 2. The molecule has 0 aliphatic carbocycles. The molecule has 0 aliphatic rings. The summed E-state index contributed by atoms with van der Waals surface area (Å²) in [5.41, 5.74) is 0.877. The number of anilines is 1. The summed E-state index contributed by atoms with van der Waals surface area (Å²) < 4.78 is 19.0. The zero-order valence-corrected chi connectivity index (χ0v) is 13.3. The van der Waals surface area contributed by atoms with Crippen molar-refractivity contribution < 1.29 is 13.9 Å². The van der Waals surface area contributed by atoms with Crippen LogP contribution in [0.2, 0.25) is 5.02 Å². The van der Waals surface area contributed by atoms with Crippen molar-refractivity contribution in [2.24, 2.45) is 0 Å². The Morgan fingerprint density at radius 2 is 2.05 bits per heavy atom. The maximum Gasteiger partial charge on any atom is 0.255 e. The van der Waals surface area contributed by atoms with Gasteiger partial charge in [0.15, 0.2) is 11.6 Å². The molecule has 20 heavy (non-hydrogen) atoms. The first-order valence-electron chi connectivity index (χ1n) is 5.61. The highest BCUT2D eigenvalue weighted by atomic mass is 127. The van der Waals surface area contributed by atoms with Crippen molar-refractivity contribution in [1.29, 1.82) is 0 Å². The molecule has 0 saturated heterocycles. The number of nitrogens with one attached hydrogen (secondary N) is 1. The van der Waals surface area contributed by atoms with E-state index in [9.17, 15) is 9.18 Å². The third-order valence-electron chi connectivity index (χ3n) is 2.59. The van der Waals surface area contributed by atoms with Crippen molar-refractivity contribution >= 4 is 45.8 Å². The van der Waals surface area contributed by atoms with Crippen molar-refractivity contribution in [3.05, 3.63) is 56.4 Å². The molecule has 104 valence electrons. The van der Waals surface area contributed by atoms with Gasteiger partial charge in [0.25, 0.3) is 5.91 Å². The number of halogens is 3. The smallest absolute Gasteiger partial charge is 0.255 e. The van der Waals surface area contributed by atoms with Crippen LogP contribution >= 0.6 is 34.2 Å². The van der Waals surface area contributed by atoms with E-state index in [0.29, 0.717) is 16.3 Å². The third-order valence-corrected chi connectivity index (χ3v) is 4.16. The van der Waals surface area contributed by atoms with E-state index in [0.717, 1.165) is 3.57 Å². The monoisotopic (exact) mass is 405 g/mol. The minimum atomic E-state index is -0.484. The summed E-state index contributed by atoms with van der Waals surface area (Å²) in [6.07, 6.45) is 0. The lowest BCUT2D eigenvalue weighted by Gasteiger charge is -2.08. The standard InChI is InChI=1S/C14H10ClFINO2/c1-20-13-7-9(3-4-11(13)16)18-14(19)8-2-5-12(17)10(15)6-8/h2-7H,1H3,(H,18,19). The highest BCUT2D eigenvalue weighted by Gasteiger charge is 2.10. The Bertz CT molecular complexity index is 664. The molecule has 1 N–H and O–H groups in total. The largest absolute Gasteiger partial charge is 0.494 e. The summed E-state index contributed by atoms with van der Waals surface area (Å²) in [6, 6.07) is 9.12. The molecule has 0 aromatic heterocycles. The summed E-state index contributed by atoms with van der Waals surface area (Å²) in [6.45, 7) is 0. The Hall–Kier alpha value is -1.34. The van der Waals surface area contributed by atoms with E-state index in [2.05, 4.69) is 27.9 Å². The molecule has 0 fully saturated rings. The predicted octanol–water partition coefficient (Wildman–Crippen LogP) is 4.34. The number of carbonyl (C=O) groups is 1. The second kappa shape index (κ2) is 6.41. The van der Waals surface area contributed by atoms with Crippen LogP contribution in [0.1, 0.15) is 10.4 Å². The van der Waals surface area contributed by atoms with Crippen molar-refractivity contribution in [2.75, 3.05) is 12.4 Å². The fourth-order valence-electron chi connectivity index (χ4n) is 1.58. The lowest BCUT2D eigenvalue weighted by molar-refractivity contribution is 0.102. The van der Waals surface area contributed by atoms with Gasteiger partial charge in [0, 0.05) is 20.9 Å². The zero-order chi connectivity index (χ0) is 14.7. The molecule has 0 heterocycles. The Morgan fingerprint density at radius 3 is 2.70 bits per heavy atom. The van der Waals surface area contributed by atoms with Gasteiger partial charge < -0.3 is 10.1 Å². The van der Waals surface area contributed by atoms with Crippen LogP contribution < -0.4 is 10.1 Å². The second-order valence-electron chi connectivity index (χ2n) is 3.93. The molecule has 2 aromatic rings. The summed E-state index contributed by atoms with van der Waals surface area (Å²) >= 11 is 8.05. The van der Waals surface area contributed by atoms with Gasteiger partial charge in [0.1, 0.15) is 0 Å². The summed E-state index contributed by atoms with van der Waals surface area (Å²) in [7, 11) is 1.36. The summed E-state index contributed by atoms with van der Waals surface area (Å²) in [5, 5.41) is 3.17. The fraction of sp³-hybridized carbons (Fsp3) is 0.0714. The average molecular weight is 406 g/mol. The molecule has 0 spiro atoms. The van der Waals surface area contributed by atoms with Crippen molar-refractivity contribution in [1.82, 2.24) is 0 Å². The van der Waals surface area contributed by atoms with Gasteiger partial charge in [-0.15, -0.1) is 0 Å². The zero-order valence-electron chi connectivity index (χ0n) is 10.4. The molecular formula is C14H10ClFINO2. The Balaban J connectivity index is 2.21. The molecule has 0 radical (unpaired) electrons. The maximum atomic E-state index is 13.3. The van der Waals surface area contributed by atoms with Crippen LogP contribution in [0, 0.1) is 9.39 Å². The first-order valence-corrected chi connectivity index (χ1v) is 7.07. The van der Waals surface area contributed by atoms with Crippen molar-refractivity contribution in [3.8, 4) is 5.75 Å². The lowest BCUT2D eigenvalue weighted by Crippen LogP contribution is -2.12. The van der Waals surface area contributed by atoms with Crippen LogP contribution in [0.4, 0.5) is 10.1 Å². The number of carbonyl (C=O) groups excluding carboxylic acids is 1. The SMILES string of the molecule is COc1cc(NC(=O)c2ccc(I)c(Cl)c2)ccc1F. The molecule has 6 heteroatoms. The molecule has 0 bridgehead atoms. The van der Waals surface area contributed by atoms with Crippen molar-refractivity contribution in [2.45, 2.75) is 0 Å². The molecule has 0 atom stereocenters. The first-order chi connectivity index (χ1) is 9.51. The number of ether oxygens (including phenoxy) is 1. The minimum absolute atomic E-state index is 0.0726. The van der Waals surface area contributed by atoms with Gasteiger partial charge in [-0.25, -0.2) is 4.39 Å². The van der Waals surface area contributed by atoms with E-state index in [1.807, 2.05) is 0 Å². The first kappa shape index (κ1) is 15.1. The lowest BCUT2D eigenvalue weighted by atomic mass is 10.2. The molecule has 0 unspecified atom stereocenters. The van der Waals surface area contributed by atoms with Crippen LogP contribution in [0.5, 0.6) is 5.75 Å². The highest BCUT2D eigenvalue weighted by molar-refractivity contribution is 14.1. The Labute approximate surface area is 134 Å². The number of methoxy groups -OCH3 is 1. The van der Waals surface area contributed by atoms with Crippen LogP contribution in [-0.4, -0.2) is 13.0 Å². The van der Waals surface area contributed by atoms with E-state index in [1.165, 1.54) is 25.3 Å². The Kier molecular flexibility index (Phi) is 4.82.